The van der Waals surface area contributed by atoms with Crippen molar-refractivity contribution < 1.29 is 19.1 Å². The Morgan fingerprint density at radius 3 is 2.66 bits per heavy atom. The molecule has 0 unspecified atom stereocenters. The van der Waals surface area contributed by atoms with E-state index in [9.17, 15) is 14.4 Å². The second-order valence-electron chi connectivity index (χ2n) is 7.72. The normalized spacial score (nSPS) is 12.9. The van der Waals surface area contributed by atoms with Gasteiger partial charge in [-0.05, 0) is 49.6 Å². The summed E-state index contributed by atoms with van der Waals surface area (Å²) in [6.45, 7) is 1.59. The maximum Gasteiger partial charge on any atom is 0.255 e. The number of aromatic nitrogens is 2. The molecular weight excluding hydrogens is 410 g/mol. The molecule has 0 atom stereocenters. The number of nitrogen functional groups attached to an aromatic ring is 1. The van der Waals surface area contributed by atoms with E-state index in [1.807, 2.05) is 13.0 Å². The van der Waals surface area contributed by atoms with E-state index in [-0.39, 0.29) is 35.7 Å². The number of anilines is 1. The Morgan fingerprint density at radius 1 is 1.16 bits per heavy atom. The number of nitrogens with zero attached hydrogens (tertiary/aromatic N) is 2. The number of primary amides is 1. The van der Waals surface area contributed by atoms with Crippen LogP contribution in [-0.2, 0) is 4.79 Å². The summed E-state index contributed by atoms with van der Waals surface area (Å²) in [7, 11) is 0. The maximum absolute atomic E-state index is 13.0. The fourth-order valence-corrected chi connectivity index (χ4v) is 3.24. The molecule has 2 aromatic carbocycles. The zero-order chi connectivity index (χ0) is 22.8. The van der Waals surface area contributed by atoms with E-state index >= 15 is 0 Å². The predicted molar refractivity (Wildman–Crippen MR) is 118 cm³/mol. The van der Waals surface area contributed by atoms with E-state index in [0.717, 1.165) is 18.4 Å². The van der Waals surface area contributed by atoms with Gasteiger partial charge in [0, 0.05) is 17.2 Å². The van der Waals surface area contributed by atoms with E-state index in [1.54, 1.807) is 30.3 Å². The van der Waals surface area contributed by atoms with Crippen LogP contribution in [0.1, 0.15) is 44.7 Å². The molecule has 0 saturated heterocycles. The van der Waals surface area contributed by atoms with Gasteiger partial charge in [-0.1, -0.05) is 18.2 Å². The van der Waals surface area contributed by atoms with Gasteiger partial charge in [0.15, 0.2) is 12.4 Å². The van der Waals surface area contributed by atoms with Gasteiger partial charge in [-0.2, -0.15) is 5.10 Å². The molecule has 2 amide bonds. The fourth-order valence-electron chi connectivity index (χ4n) is 3.24. The molecule has 1 saturated carbocycles. The molecule has 9 heteroatoms. The van der Waals surface area contributed by atoms with Crippen LogP contribution in [0.15, 0.2) is 48.7 Å². The number of hydrogen-bond donors (Lipinski definition) is 3. The highest BCUT2D eigenvalue weighted by atomic mass is 16.5. The highest BCUT2D eigenvalue weighted by Crippen LogP contribution is 2.25. The molecular formula is C23H23N5O4. The van der Waals surface area contributed by atoms with E-state index in [2.05, 4.69) is 10.4 Å². The summed E-state index contributed by atoms with van der Waals surface area (Å²) in [5.41, 5.74) is 13.9. The lowest BCUT2D eigenvalue weighted by atomic mass is 10.1. The third-order valence-electron chi connectivity index (χ3n) is 5.14. The van der Waals surface area contributed by atoms with E-state index in [4.69, 9.17) is 16.2 Å². The van der Waals surface area contributed by atoms with Crippen LogP contribution >= 0.6 is 0 Å². The van der Waals surface area contributed by atoms with Crippen molar-refractivity contribution in [2.45, 2.75) is 25.8 Å². The van der Waals surface area contributed by atoms with Gasteiger partial charge in [0.1, 0.15) is 11.6 Å². The molecule has 32 heavy (non-hydrogen) atoms. The molecule has 0 spiro atoms. The standard InChI is InChI=1S/C23H23N5O4/c1-13-5-6-15(23(31)27-16-7-8-16)10-19(13)28-22(25)18(11-26-28)21(30)14-3-2-4-17(9-14)32-12-20(24)29/h2-6,9-11,16H,7-8,12,25H2,1H3,(H2,24,29)(H,27,31). The van der Waals surface area contributed by atoms with Gasteiger partial charge in [0.05, 0.1) is 17.4 Å². The van der Waals surface area contributed by atoms with Crippen LogP contribution in [0.5, 0.6) is 5.75 Å². The van der Waals surface area contributed by atoms with Crippen LogP contribution in [0.25, 0.3) is 5.69 Å². The minimum absolute atomic E-state index is 0.149. The third-order valence-corrected chi connectivity index (χ3v) is 5.14. The van der Waals surface area contributed by atoms with Crippen molar-refractivity contribution in [1.29, 1.82) is 0 Å². The van der Waals surface area contributed by atoms with Gasteiger partial charge < -0.3 is 21.5 Å². The van der Waals surface area contributed by atoms with Crippen molar-refractivity contribution in [3.63, 3.8) is 0 Å². The van der Waals surface area contributed by atoms with Gasteiger partial charge in [0.2, 0.25) is 0 Å². The SMILES string of the molecule is Cc1ccc(C(=O)NC2CC2)cc1-n1ncc(C(=O)c2cccc(OCC(N)=O)c2)c1N. The second-order valence-corrected chi connectivity index (χ2v) is 7.72. The minimum atomic E-state index is -0.615. The number of rotatable bonds is 8. The van der Waals surface area contributed by atoms with Gasteiger partial charge in [-0.15, -0.1) is 0 Å². The van der Waals surface area contributed by atoms with Crippen molar-refractivity contribution in [3.05, 3.63) is 70.9 Å². The molecule has 0 aliphatic heterocycles. The van der Waals surface area contributed by atoms with E-state index in [1.165, 1.54) is 16.9 Å². The number of carbonyl (C=O) groups is 3. The number of aryl methyl sites for hydroxylation is 1. The average molecular weight is 433 g/mol. The molecule has 1 aliphatic rings. The number of nitrogens with two attached hydrogens (primary N) is 2. The summed E-state index contributed by atoms with van der Waals surface area (Å²) in [4.78, 5) is 36.4. The molecule has 9 nitrogen and oxygen atoms in total. The van der Waals surface area contributed by atoms with Crippen LogP contribution < -0.4 is 21.5 Å². The van der Waals surface area contributed by atoms with Gasteiger partial charge in [0.25, 0.3) is 11.8 Å². The summed E-state index contributed by atoms with van der Waals surface area (Å²) in [5.74, 6) is -0.620. The summed E-state index contributed by atoms with van der Waals surface area (Å²) in [6.07, 6.45) is 3.39. The molecule has 164 valence electrons. The second kappa shape index (κ2) is 8.54. The van der Waals surface area contributed by atoms with Crippen LogP contribution in [-0.4, -0.2) is 40.0 Å². The fraction of sp³-hybridized carbons (Fsp3) is 0.217. The zero-order valence-corrected chi connectivity index (χ0v) is 17.5. The molecule has 1 aromatic heterocycles. The smallest absolute Gasteiger partial charge is 0.255 e. The van der Waals surface area contributed by atoms with Crippen molar-refractivity contribution in [3.8, 4) is 11.4 Å². The monoisotopic (exact) mass is 433 g/mol. The number of nitrogens with one attached hydrogen (secondary N) is 1. The Hall–Kier alpha value is -4.14. The number of ether oxygens (including phenoxy) is 1. The van der Waals surface area contributed by atoms with Crippen LogP contribution in [0, 0.1) is 6.92 Å². The molecule has 0 radical (unpaired) electrons. The van der Waals surface area contributed by atoms with E-state index in [0.29, 0.717) is 22.6 Å². The van der Waals surface area contributed by atoms with Crippen molar-refractivity contribution >= 4 is 23.4 Å². The van der Waals surface area contributed by atoms with Gasteiger partial charge >= 0.3 is 0 Å². The third kappa shape index (κ3) is 4.46. The highest BCUT2D eigenvalue weighted by Gasteiger charge is 2.24. The largest absolute Gasteiger partial charge is 0.484 e. The Bertz CT molecular complexity index is 1210. The highest BCUT2D eigenvalue weighted by molar-refractivity contribution is 6.11. The maximum atomic E-state index is 13.0. The average Bonchev–Trinajstić information content (AvgIpc) is 3.51. The van der Waals surface area contributed by atoms with Crippen LogP contribution in [0.4, 0.5) is 5.82 Å². The van der Waals surface area contributed by atoms with Crippen LogP contribution in [0.2, 0.25) is 0 Å². The Balaban J connectivity index is 1.61. The summed E-state index contributed by atoms with van der Waals surface area (Å²) in [5, 5.41) is 7.25. The molecule has 3 aromatic rings. The first kappa shape index (κ1) is 21.1. The minimum Gasteiger partial charge on any atom is -0.484 e. The number of hydrogen-bond acceptors (Lipinski definition) is 6. The van der Waals surface area contributed by atoms with E-state index < -0.39 is 5.91 Å². The molecule has 4 rings (SSSR count). The molecule has 0 bridgehead atoms. The predicted octanol–water partition coefficient (Wildman–Crippen LogP) is 1.75. The zero-order valence-electron chi connectivity index (χ0n) is 17.5. The van der Waals surface area contributed by atoms with Gasteiger partial charge in [-0.3, -0.25) is 14.4 Å². The van der Waals surface area contributed by atoms with Gasteiger partial charge in [-0.25, -0.2) is 4.68 Å². The Labute approximate surface area is 184 Å². The number of carbonyl (C=O) groups excluding carboxylic acids is 3. The summed E-state index contributed by atoms with van der Waals surface area (Å²) < 4.78 is 6.71. The summed E-state index contributed by atoms with van der Waals surface area (Å²) in [6, 6.07) is 11.9. The topological polar surface area (TPSA) is 142 Å². The van der Waals surface area contributed by atoms with Crippen molar-refractivity contribution in [2.75, 3.05) is 12.3 Å². The lowest BCUT2D eigenvalue weighted by molar-refractivity contribution is -0.119. The van der Waals surface area contributed by atoms with Crippen molar-refractivity contribution in [2.24, 2.45) is 5.73 Å². The first-order valence-electron chi connectivity index (χ1n) is 10.1. The number of benzene rings is 2. The first-order chi connectivity index (χ1) is 15.3. The molecule has 1 heterocycles. The molecule has 1 aliphatic carbocycles. The molecule has 1 fully saturated rings. The lowest BCUT2D eigenvalue weighted by Gasteiger charge is -2.11. The first-order valence-corrected chi connectivity index (χ1v) is 10.1. The number of ketones is 1. The molecule has 5 N–H and O–H groups in total. The summed E-state index contributed by atoms with van der Waals surface area (Å²) >= 11 is 0. The number of amides is 2. The quantitative estimate of drug-likeness (QED) is 0.462. The van der Waals surface area contributed by atoms with Crippen molar-refractivity contribution in [1.82, 2.24) is 15.1 Å². The van der Waals surface area contributed by atoms with Crippen LogP contribution in [0.3, 0.4) is 0 Å². The Kier molecular flexibility index (Phi) is 5.63. The Morgan fingerprint density at radius 2 is 1.94 bits per heavy atom. The lowest BCUT2D eigenvalue weighted by Crippen LogP contribution is -2.25.